The molecule has 0 spiro atoms. The van der Waals surface area contributed by atoms with Gasteiger partial charge in [-0.1, -0.05) is 29.8 Å². The van der Waals surface area contributed by atoms with E-state index in [0.717, 1.165) is 18.7 Å². The average Bonchev–Trinajstić information content (AvgIpc) is 2.24. The second kappa shape index (κ2) is 6.86. The Morgan fingerprint density at radius 3 is 2.69 bits per heavy atom. The first-order valence-electron chi connectivity index (χ1n) is 5.39. The summed E-state index contributed by atoms with van der Waals surface area (Å²) in [7, 11) is 4.04. The van der Waals surface area contributed by atoms with Crippen molar-refractivity contribution in [3.05, 3.63) is 34.9 Å². The van der Waals surface area contributed by atoms with Gasteiger partial charge < -0.3 is 15.3 Å². The van der Waals surface area contributed by atoms with Gasteiger partial charge in [0.2, 0.25) is 0 Å². The molecule has 0 aliphatic carbocycles. The fraction of sp³-hybridized carbons (Fsp3) is 0.500. The number of benzene rings is 1. The molecule has 0 aliphatic rings. The number of aliphatic hydroxyl groups is 1. The van der Waals surface area contributed by atoms with Gasteiger partial charge in [-0.2, -0.15) is 0 Å². The van der Waals surface area contributed by atoms with Crippen LogP contribution in [0, 0.1) is 0 Å². The predicted octanol–water partition coefficient (Wildman–Crippen LogP) is 1.52. The highest BCUT2D eigenvalue weighted by Gasteiger charge is 2.09. The van der Waals surface area contributed by atoms with Crippen LogP contribution >= 0.6 is 11.6 Å². The molecular weight excluding hydrogens is 224 g/mol. The molecule has 3 nitrogen and oxygen atoms in total. The number of hydrogen-bond acceptors (Lipinski definition) is 3. The summed E-state index contributed by atoms with van der Waals surface area (Å²) in [4.78, 5) is 2.09. The van der Waals surface area contributed by atoms with E-state index in [-0.39, 0.29) is 0 Å². The maximum atomic E-state index is 9.91. The van der Waals surface area contributed by atoms with E-state index in [2.05, 4.69) is 10.2 Å². The van der Waals surface area contributed by atoms with Gasteiger partial charge in [0.05, 0.1) is 6.10 Å². The Morgan fingerprint density at radius 1 is 1.38 bits per heavy atom. The first kappa shape index (κ1) is 13.5. The number of hydrogen-bond donors (Lipinski definition) is 2. The summed E-state index contributed by atoms with van der Waals surface area (Å²) >= 11 is 5.99. The molecule has 90 valence electrons. The molecule has 1 aromatic carbocycles. The van der Waals surface area contributed by atoms with Crippen LogP contribution < -0.4 is 5.32 Å². The predicted molar refractivity (Wildman–Crippen MR) is 67.8 cm³/mol. The van der Waals surface area contributed by atoms with E-state index in [1.807, 2.05) is 32.3 Å². The molecule has 0 radical (unpaired) electrons. The van der Waals surface area contributed by atoms with Gasteiger partial charge in [0, 0.05) is 30.2 Å². The fourth-order valence-electron chi connectivity index (χ4n) is 1.40. The minimum atomic E-state index is -0.545. The van der Waals surface area contributed by atoms with Gasteiger partial charge in [0.25, 0.3) is 0 Å². The topological polar surface area (TPSA) is 35.5 Å². The normalized spacial score (nSPS) is 13.1. The smallest absolute Gasteiger partial charge is 0.0928 e. The molecule has 1 rings (SSSR count). The van der Waals surface area contributed by atoms with E-state index in [4.69, 9.17) is 11.6 Å². The molecule has 4 heteroatoms. The second-order valence-electron chi connectivity index (χ2n) is 4.04. The summed E-state index contributed by atoms with van der Waals surface area (Å²) in [5.41, 5.74) is 0.779. The lowest BCUT2D eigenvalue weighted by Gasteiger charge is -2.15. The summed E-state index contributed by atoms with van der Waals surface area (Å²) in [6, 6.07) is 7.38. The van der Waals surface area contributed by atoms with E-state index in [1.165, 1.54) is 0 Å². The highest BCUT2D eigenvalue weighted by Crippen LogP contribution is 2.21. The zero-order valence-electron chi connectivity index (χ0n) is 9.78. The van der Waals surface area contributed by atoms with Crippen LogP contribution in [0.3, 0.4) is 0 Å². The van der Waals surface area contributed by atoms with Crippen molar-refractivity contribution >= 4 is 11.6 Å². The van der Waals surface area contributed by atoms with Gasteiger partial charge in [-0.05, 0) is 20.2 Å². The maximum absolute atomic E-state index is 9.91. The summed E-state index contributed by atoms with van der Waals surface area (Å²) < 4.78 is 0. The third-order valence-electron chi connectivity index (χ3n) is 2.34. The SMILES string of the molecule is CN(C)CCNCC(O)c1ccccc1Cl. The number of aliphatic hydroxyl groups excluding tert-OH is 1. The van der Waals surface area contributed by atoms with Crippen molar-refractivity contribution < 1.29 is 5.11 Å². The standard InChI is InChI=1S/C12H19ClN2O/c1-15(2)8-7-14-9-12(16)10-5-3-4-6-11(10)13/h3-6,12,14,16H,7-9H2,1-2H3. The molecule has 0 aliphatic heterocycles. The average molecular weight is 243 g/mol. The monoisotopic (exact) mass is 242 g/mol. The van der Waals surface area contributed by atoms with Crippen LogP contribution in [0.1, 0.15) is 11.7 Å². The lowest BCUT2D eigenvalue weighted by Crippen LogP contribution is -2.29. The van der Waals surface area contributed by atoms with Crippen molar-refractivity contribution in [2.75, 3.05) is 33.7 Å². The third kappa shape index (κ3) is 4.49. The van der Waals surface area contributed by atoms with Gasteiger partial charge in [-0.3, -0.25) is 0 Å². The number of halogens is 1. The fourth-order valence-corrected chi connectivity index (χ4v) is 1.66. The lowest BCUT2D eigenvalue weighted by molar-refractivity contribution is 0.174. The van der Waals surface area contributed by atoms with Crippen LogP contribution in [0.5, 0.6) is 0 Å². The molecule has 1 atom stereocenters. The zero-order valence-corrected chi connectivity index (χ0v) is 10.5. The van der Waals surface area contributed by atoms with E-state index in [1.54, 1.807) is 6.07 Å². The number of nitrogens with one attached hydrogen (secondary N) is 1. The van der Waals surface area contributed by atoms with Crippen LogP contribution in [0.15, 0.2) is 24.3 Å². The van der Waals surface area contributed by atoms with Crippen molar-refractivity contribution in [1.29, 1.82) is 0 Å². The zero-order chi connectivity index (χ0) is 12.0. The summed E-state index contributed by atoms with van der Waals surface area (Å²) in [5.74, 6) is 0. The van der Waals surface area contributed by atoms with Crippen LogP contribution in [0.25, 0.3) is 0 Å². The van der Waals surface area contributed by atoms with Crippen molar-refractivity contribution in [2.45, 2.75) is 6.10 Å². The molecular formula is C12H19ClN2O. The Kier molecular flexibility index (Phi) is 5.77. The van der Waals surface area contributed by atoms with Crippen LogP contribution in [0.4, 0.5) is 0 Å². The van der Waals surface area contributed by atoms with Crippen molar-refractivity contribution in [2.24, 2.45) is 0 Å². The molecule has 0 bridgehead atoms. The first-order chi connectivity index (χ1) is 7.61. The summed E-state index contributed by atoms with van der Waals surface area (Å²) in [6.45, 7) is 2.33. The quantitative estimate of drug-likeness (QED) is 0.743. The molecule has 1 unspecified atom stereocenters. The van der Waals surface area contributed by atoms with E-state index < -0.39 is 6.10 Å². The molecule has 0 saturated heterocycles. The Labute approximate surface area is 102 Å². The Balaban J connectivity index is 2.35. The largest absolute Gasteiger partial charge is 0.387 e. The van der Waals surface area contributed by atoms with Crippen molar-refractivity contribution in [3.8, 4) is 0 Å². The number of rotatable bonds is 6. The van der Waals surface area contributed by atoms with E-state index in [0.29, 0.717) is 11.6 Å². The molecule has 2 N–H and O–H groups in total. The highest BCUT2D eigenvalue weighted by molar-refractivity contribution is 6.31. The molecule has 0 heterocycles. The molecule has 0 aromatic heterocycles. The lowest BCUT2D eigenvalue weighted by atomic mass is 10.1. The van der Waals surface area contributed by atoms with Crippen LogP contribution in [-0.2, 0) is 0 Å². The van der Waals surface area contributed by atoms with Gasteiger partial charge >= 0.3 is 0 Å². The Bertz CT molecular complexity index is 318. The first-order valence-corrected chi connectivity index (χ1v) is 5.77. The summed E-state index contributed by atoms with van der Waals surface area (Å²) in [5, 5.41) is 13.7. The highest BCUT2D eigenvalue weighted by atomic mass is 35.5. The van der Waals surface area contributed by atoms with Gasteiger partial charge in [0.15, 0.2) is 0 Å². The Morgan fingerprint density at radius 2 is 2.06 bits per heavy atom. The van der Waals surface area contributed by atoms with Crippen LogP contribution in [-0.4, -0.2) is 43.7 Å². The molecule has 0 saturated carbocycles. The van der Waals surface area contributed by atoms with Gasteiger partial charge in [0.1, 0.15) is 0 Å². The second-order valence-corrected chi connectivity index (χ2v) is 4.45. The molecule has 16 heavy (non-hydrogen) atoms. The maximum Gasteiger partial charge on any atom is 0.0928 e. The Hall–Kier alpha value is -0.610. The van der Waals surface area contributed by atoms with Crippen molar-refractivity contribution in [3.63, 3.8) is 0 Å². The van der Waals surface area contributed by atoms with Gasteiger partial charge in [-0.25, -0.2) is 0 Å². The van der Waals surface area contributed by atoms with E-state index >= 15 is 0 Å². The van der Waals surface area contributed by atoms with E-state index in [9.17, 15) is 5.11 Å². The molecule has 0 fully saturated rings. The third-order valence-corrected chi connectivity index (χ3v) is 2.68. The van der Waals surface area contributed by atoms with Crippen LogP contribution in [0.2, 0.25) is 5.02 Å². The number of nitrogens with zero attached hydrogens (tertiary/aromatic N) is 1. The van der Waals surface area contributed by atoms with Crippen molar-refractivity contribution in [1.82, 2.24) is 10.2 Å². The minimum Gasteiger partial charge on any atom is -0.387 e. The summed E-state index contributed by atoms with van der Waals surface area (Å²) in [6.07, 6.45) is -0.545. The molecule has 0 amide bonds. The minimum absolute atomic E-state index is 0.525. The molecule has 1 aromatic rings. The van der Waals surface area contributed by atoms with Gasteiger partial charge in [-0.15, -0.1) is 0 Å². The number of likely N-dealkylation sites (N-methyl/N-ethyl adjacent to an activating group) is 1.